The van der Waals surface area contributed by atoms with Gasteiger partial charge in [-0.05, 0) is 30.5 Å². The van der Waals surface area contributed by atoms with Crippen LogP contribution < -0.4 is 11.5 Å². The van der Waals surface area contributed by atoms with E-state index in [4.69, 9.17) is 16.7 Å². The Morgan fingerprint density at radius 3 is 2.38 bits per heavy atom. The van der Waals surface area contributed by atoms with Crippen LogP contribution in [-0.4, -0.2) is 38.1 Å². The second kappa shape index (κ2) is 6.19. The lowest BCUT2D eigenvalue weighted by Crippen LogP contribution is -2.46. The number of carboxylic acid groups (broad SMARTS) is 1. The van der Waals surface area contributed by atoms with Crippen LogP contribution in [0, 0.1) is 0 Å². The summed E-state index contributed by atoms with van der Waals surface area (Å²) in [5.74, 6) is -2.31. The topological polar surface area (TPSA) is 142 Å². The maximum Gasteiger partial charge on any atom is 0.326 e. The standard InChI is InChI=1S/C13H14ClNO5.H3N/c14-13(3-4-13)12(20)15-8(11(18)19)5-7-1-2-9(16)10(17)6-7;/h1-2,6,8,16-17H,3-5H2,(H,15,20)(H,18,19);1H3/t8-;/m0./s1. The van der Waals surface area contributed by atoms with E-state index in [-0.39, 0.29) is 24.1 Å². The van der Waals surface area contributed by atoms with E-state index in [0.717, 1.165) is 0 Å². The number of phenols is 2. The maximum absolute atomic E-state index is 11.8. The minimum absolute atomic E-state index is 0. The Balaban J connectivity index is 0.00000220. The van der Waals surface area contributed by atoms with E-state index in [1.165, 1.54) is 18.2 Å². The van der Waals surface area contributed by atoms with Gasteiger partial charge in [-0.1, -0.05) is 6.07 Å². The second-order valence-corrected chi connectivity index (χ2v) is 5.58. The highest BCUT2D eigenvalue weighted by Gasteiger charge is 2.49. The summed E-state index contributed by atoms with van der Waals surface area (Å²) in [5.41, 5.74) is 0.479. The normalized spacial score (nSPS) is 16.4. The molecule has 0 bridgehead atoms. The van der Waals surface area contributed by atoms with Crippen molar-refractivity contribution in [2.75, 3.05) is 0 Å². The molecule has 116 valence electrons. The number of carbonyl (C=O) groups excluding carboxylic acids is 1. The molecular weight excluding hydrogens is 300 g/mol. The lowest BCUT2D eigenvalue weighted by Gasteiger charge is -2.16. The predicted octanol–water partition coefficient (Wildman–Crippen LogP) is 1.14. The molecule has 1 fully saturated rings. The van der Waals surface area contributed by atoms with Crippen LogP contribution in [0.15, 0.2) is 18.2 Å². The van der Waals surface area contributed by atoms with Crippen LogP contribution in [0.2, 0.25) is 0 Å². The highest BCUT2D eigenvalue weighted by atomic mass is 35.5. The van der Waals surface area contributed by atoms with Gasteiger partial charge in [0.15, 0.2) is 11.5 Å². The minimum Gasteiger partial charge on any atom is -0.504 e. The largest absolute Gasteiger partial charge is 0.504 e. The third kappa shape index (κ3) is 3.99. The molecule has 0 saturated heterocycles. The first-order valence-corrected chi connectivity index (χ1v) is 6.43. The highest BCUT2D eigenvalue weighted by molar-refractivity contribution is 6.37. The number of hydrogen-bond acceptors (Lipinski definition) is 5. The Bertz CT molecular complexity index is 559. The zero-order chi connectivity index (χ0) is 14.9. The van der Waals surface area contributed by atoms with Crippen LogP contribution in [0.1, 0.15) is 18.4 Å². The molecule has 1 amide bonds. The van der Waals surface area contributed by atoms with Gasteiger partial charge in [0.05, 0.1) is 0 Å². The summed E-state index contributed by atoms with van der Waals surface area (Å²) >= 11 is 5.91. The van der Waals surface area contributed by atoms with Gasteiger partial charge < -0.3 is 26.8 Å². The van der Waals surface area contributed by atoms with E-state index < -0.39 is 22.8 Å². The number of aromatic hydroxyl groups is 2. The molecule has 0 unspecified atom stereocenters. The molecule has 1 aliphatic carbocycles. The van der Waals surface area contributed by atoms with Crippen LogP contribution in [0.25, 0.3) is 0 Å². The molecule has 0 aliphatic heterocycles. The van der Waals surface area contributed by atoms with Crippen LogP contribution in [-0.2, 0) is 16.0 Å². The number of benzene rings is 1. The maximum atomic E-state index is 11.8. The molecule has 8 heteroatoms. The molecule has 7 N–H and O–H groups in total. The van der Waals surface area contributed by atoms with Crippen molar-refractivity contribution in [2.45, 2.75) is 30.2 Å². The number of phenolic OH excluding ortho intramolecular Hbond substituents is 2. The van der Waals surface area contributed by atoms with Crippen molar-refractivity contribution in [2.24, 2.45) is 0 Å². The van der Waals surface area contributed by atoms with E-state index in [1.807, 2.05) is 0 Å². The lowest BCUT2D eigenvalue weighted by molar-refractivity contribution is -0.141. The average Bonchev–Trinajstić information content (AvgIpc) is 3.12. The second-order valence-electron chi connectivity index (χ2n) is 4.86. The van der Waals surface area contributed by atoms with Gasteiger partial charge in [0.1, 0.15) is 10.9 Å². The molecule has 21 heavy (non-hydrogen) atoms. The first-order valence-electron chi connectivity index (χ1n) is 6.05. The summed E-state index contributed by atoms with van der Waals surface area (Å²) in [6, 6.07) is 2.85. The molecule has 1 aromatic rings. The third-order valence-corrected chi connectivity index (χ3v) is 3.73. The number of aliphatic carboxylic acids is 1. The summed E-state index contributed by atoms with van der Waals surface area (Å²) in [6.07, 6.45) is 1.06. The van der Waals surface area contributed by atoms with Gasteiger partial charge >= 0.3 is 5.97 Å². The quantitative estimate of drug-likeness (QED) is 0.407. The Labute approximate surface area is 126 Å². The number of rotatable bonds is 5. The van der Waals surface area contributed by atoms with Crippen molar-refractivity contribution in [3.8, 4) is 11.5 Å². The Morgan fingerprint density at radius 2 is 1.90 bits per heavy atom. The van der Waals surface area contributed by atoms with Crippen molar-refractivity contribution in [1.29, 1.82) is 0 Å². The first kappa shape index (κ1) is 17.1. The van der Waals surface area contributed by atoms with E-state index in [9.17, 15) is 19.8 Å². The SMILES string of the molecule is N.O=C(O)[C@H](Cc1ccc(O)c(O)c1)NC(=O)C1(Cl)CC1. The zero-order valence-corrected chi connectivity index (χ0v) is 11.9. The smallest absolute Gasteiger partial charge is 0.326 e. The monoisotopic (exact) mass is 316 g/mol. The number of carboxylic acids is 1. The lowest BCUT2D eigenvalue weighted by atomic mass is 10.0. The minimum atomic E-state index is -1.19. The number of alkyl halides is 1. The summed E-state index contributed by atoms with van der Waals surface area (Å²) in [6.45, 7) is 0. The average molecular weight is 317 g/mol. The van der Waals surface area contributed by atoms with Crippen LogP contribution >= 0.6 is 11.6 Å². The number of halogens is 1. The fourth-order valence-electron chi connectivity index (χ4n) is 1.76. The van der Waals surface area contributed by atoms with Crippen LogP contribution in [0.3, 0.4) is 0 Å². The molecule has 1 aromatic carbocycles. The number of hydrogen-bond donors (Lipinski definition) is 5. The van der Waals surface area contributed by atoms with Crippen molar-refractivity contribution in [3.05, 3.63) is 23.8 Å². The molecule has 2 rings (SSSR count). The van der Waals surface area contributed by atoms with E-state index in [2.05, 4.69) is 5.32 Å². The van der Waals surface area contributed by atoms with Crippen LogP contribution in [0.5, 0.6) is 11.5 Å². The van der Waals surface area contributed by atoms with Gasteiger partial charge in [-0.15, -0.1) is 11.6 Å². The highest BCUT2D eigenvalue weighted by Crippen LogP contribution is 2.42. The zero-order valence-electron chi connectivity index (χ0n) is 11.2. The summed E-state index contributed by atoms with van der Waals surface area (Å²) in [5, 5.41) is 30.1. The van der Waals surface area contributed by atoms with Gasteiger partial charge in [0, 0.05) is 6.42 Å². The summed E-state index contributed by atoms with van der Waals surface area (Å²) in [7, 11) is 0. The van der Waals surface area contributed by atoms with Gasteiger partial charge in [-0.3, -0.25) is 4.79 Å². The van der Waals surface area contributed by atoms with Gasteiger partial charge in [0.2, 0.25) is 5.91 Å². The molecule has 1 atom stereocenters. The molecule has 1 aliphatic rings. The first-order chi connectivity index (χ1) is 9.32. The number of nitrogens with one attached hydrogen (secondary N) is 1. The van der Waals surface area contributed by atoms with E-state index >= 15 is 0 Å². The van der Waals surface area contributed by atoms with Crippen molar-refractivity contribution < 1.29 is 24.9 Å². The van der Waals surface area contributed by atoms with Crippen LogP contribution in [0.4, 0.5) is 0 Å². The Morgan fingerprint density at radius 1 is 1.29 bits per heavy atom. The fourth-order valence-corrected chi connectivity index (χ4v) is 1.91. The van der Waals surface area contributed by atoms with E-state index in [1.54, 1.807) is 0 Å². The number of carbonyl (C=O) groups is 2. The third-order valence-electron chi connectivity index (χ3n) is 3.18. The molecule has 0 spiro atoms. The summed E-state index contributed by atoms with van der Waals surface area (Å²) in [4.78, 5) is 22.0. The van der Waals surface area contributed by atoms with Gasteiger partial charge in [0.25, 0.3) is 0 Å². The van der Waals surface area contributed by atoms with Crippen molar-refractivity contribution in [1.82, 2.24) is 11.5 Å². The molecular formula is C13H17ClN2O5. The summed E-state index contributed by atoms with van der Waals surface area (Å²) < 4.78 is 0. The Kier molecular flexibility index (Phi) is 5.03. The number of amides is 1. The predicted molar refractivity (Wildman–Crippen MR) is 75.9 cm³/mol. The Hall–Kier alpha value is -1.99. The molecule has 1 saturated carbocycles. The molecule has 7 nitrogen and oxygen atoms in total. The molecule has 0 radical (unpaired) electrons. The molecule has 0 heterocycles. The molecule has 0 aromatic heterocycles. The van der Waals surface area contributed by atoms with Gasteiger partial charge in [-0.2, -0.15) is 0 Å². The van der Waals surface area contributed by atoms with Crippen molar-refractivity contribution in [3.63, 3.8) is 0 Å². The fraction of sp³-hybridized carbons (Fsp3) is 0.385. The van der Waals surface area contributed by atoms with E-state index in [0.29, 0.717) is 18.4 Å². The van der Waals surface area contributed by atoms with Gasteiger partial charge in [-0.25, -0.2) is 4.79 Å². The van der Waals surface area contributed by atoms with Crippen molar-refractivity contribution >= 4 is 23.5 Å².